The minimum atomic E-state index is 0.653. The third kappa shape index (κ3) is 5.96. The molecule has 1 aromatic carbocycles. The molecule has 0 N–H and O–H groups in total. The van der Waals surface area contributed by atoms with Crippen LogP contribution in [-0.4, -0.2) is 25.8 Å². The summed E-state index contributed by atoms with van der Waals surface area (Å²) in [6, 6.07) is 9.44. The van der Waals surface area contributed by atoms with Crippen LogP contribution < -0.4 is 4.90 Å². The highest BCUT2D eigenvalue weighted by Gasteiger charge is 2.20. The minimum Gasteiger partial charge on any atom is -0.381 e. The van der Waals surface area contributed by atoms with Crippen LogP contribution in [0.25, 0.3) is 0 Å². The van der Waals surface area contributed by atoms with E-state index in [-0.39, 0.29) is 0 Å². The second-order valence-corrected chi connectivity index (χ2v) is 4.47. The fraction of sp³-hybridized carbons (Fsp3) is 0.667. The first kappa shape index (κ1) is 19.0. The Morgan fingerprint density at radius 3 is 2.20 bits per heavy atom. The Labute approximate surface area is 126 Å². The first-order chi connectivity index (χ1) is 9.81. The van der Waals surface area contributed by atoms with Crippen molar-refractivity contribution in [2.75, 3.05) is 24.7 Å². The molecule has 0 aromatic heterocycles. The maximum absolute atomic E-state index is 5.43. The van der Waals surface area contributed by atoms with Crippen LogP contribution in [0.5, 0.6) is 0 Å². The number of nitrogens with zero attached hydrogens (tertiary/aromatic N) is 1. The summed E-state index contributed by atoms with van der Waals surface area (Å²) < 4.78 is 5.43. The van der Waals surface area contributed by atoms with Gasteiger partial charge in [0.25, 0.3) is 0 Å². The van der Waals surface area contributed by atoms with Gasteiger partial charge in [-0.1, -0.05) is 39.8 Å². The monoisotopic (exact) mass is 279 g/mol. The summed E-state index contributed by atoms with van der Waals surface area (Å²) in [6.07, 6.45) is 2.31. The first-order valence-electron chi connectivity index (χ1n) is 8.22. The summed E-state index contributed by atoms with van der Waals surface area (Å²) in [5, 5.41) is 0. The third-order valence-electron chi connectivity index (χ3n) is 3.31. The zero-order valence-electron chi connectivity index (χ0n) is 14.3. The molecule has 0 bridgehead atoms. The smallest absolute Gasteiger partial charge is 0.0485 e. The summed E-state index contributed by atoms with van der Waals surface area (Å²) in [6.45, 7) is 15.3. The van der Waals surface area contributed by atoms with Crippen LogP contribution in [-0.2, 0) is 4.74 Å². The minimum absolute atomic E-state index is 0.653. The third-order valence-corrected chi connectivity index (χ3v) is 3.31. The zero-order valence-corrected chi connectivity index (χ0v) is 14.3. The molecule has 0 aliphatic carbocycles. The summed E-state index contributed by atoms with van der Waals surface area (Å²) >= 11 is 0. The number of anilines is 1. The molecule has 0 amide bonds. The number of benzene rings is 1. The standard InChI is InChI=1S/C14H21NO.2C2H6/c1-3-15(13-7-9-16-10-8-13)14-6-4-5-12(2)11-14;2*1-2/h4-6,11,13H,3,7-10H2,1-2H3;2*1-2H3. The van der Waals surface area contributed by atoms with Gasteiger partial charge in [0, 0.05) is 31.5 Å². The second kappa shape index (κ2) is 11.8. The van der Waals surface area contributed by atoms with Crippen molar-refractivity contribution in [2.45, 2.75) is 60.4 Å². The van der Waals surface area contributed by atoms with Gasteiger partial charge in [0.15, 0.2) is 0 Å². The number of hydrogen-bond acceptors (Lipinski definition) is 2. The van der Waals surface area contributed by atoms with Crippen LogP contribution in [0.15, 0.2) is 24.3 Å². The van der Waals surface area contributed by atoms with Crippen LogP contribution in [0.1, 0.15) is 53.0 Å². The van der Waals surface area contributed by atoms with Gasteiger partial charge in [-0.2, -0.15) is 0 Å². The van der Waals surface area contributed by atoms with Crippen LogP contribution in [0.4, 0.5) is 5.69 Å². The molecule has 0 saturated carbocycles. The average molecular weight is 279 g/mol. The van der Waals surface area contributed by atoms with Crippen molar-refractivity contribution in [1.29, 1.82) is 0 Å². The van der Waals surface area contributed by atoms with Gasteiger partial charge in [0.05, 0.1) is 0 Å². The Hall–Kier alpha value is -1.02. The van der Waals surface area contributed by atoms with E-state index in [4.69, 9.17) is 4.74 Å². The molecular formula is C18H33NO. The largest absolute Gasteiger partial charge is 0.381 e. The molecule has 2 rings (SSSR count). The molecule has 0 atom stereocenters. The van der Waals surface area contributed by atoms with E-state index in [0.29, 0.717) is 6.04 Å². The maximum Gasteiger partial charge on any atom is 0.0485 e. The summed E-state index contributed by atoms with van der Waals surface area (Å²) in [5.74, 6) is 0. The summed E-state index contributed by atoms with van der Waals surface area (Å²) in [4.78, 5) is 2.51. The van der Waals surface area contributed by atoms with Crippen LogP contribution in [0.2, 0.25) is 0 Å². The normalized spacial score (nSPS) is 14.5. The average Bonchev–Trinajstić information content (AvgIpc) is 2.53. The van der Waals surface area contributed by atoms with Crippen molar-refractivity contribution in [3.63, 3.8) is 0 Å². The van der Waals surface area contributed by atoms with Gasteiger partial charge in [-0.3, -0.25) is 0 Å². The number of aryl methyl sites for hydroxylation is 1. The fourth-order valence-corrected chi connectivity index (χ4v) is 2.46. The van der Waals surface area contributed by atoms with Crippen molar-refractivity contribution in [1.82, 2.24) is 0 Å². The summed E-state index contributed by atoms with van der Waals surface area (Å²) in [5.41, 5.74) is 2.69. The first-order valence-corrected chi connectivity index (χ1v) is 8.22. The molecule has 20 heavy (non-hydrogen) atoms. The van der Waals surface area contributed by atoms with Crippen molar-refractivity contribution < 1.29 is 4.74 Å². The maximum atomic E-state index is 5.43. The molecule has 1 fully saturated rings. The lowest BCUT2D eigenvalue weighted by atomic mass is 10.1. The predicted octanol–water partition coefficient (Wildman–Crippen LogP) is 5.05. The molecule has 2 nitrogen and oxygen atoms in total. The van der Waals surface area contributed by atoms with Crippen molar-refractivity contribution >= 4 is 5.69 Å². The van der Waals surface area contributed by atoms with Gasteiger partial charge in [0.1, 0.15) is 0 Å². The van der Waals surface area contributed by atoms with Crippen molar-refractivity contribution in [3.8, 4) is 0 Å². The highest BCUT2D eigenvalue weighted by molar-refractivity contribution is 5.49. The van der Waals surface area contributed by atoms with E-state index in [1.807, 2.05) is 27.7 Å². The molecule has 0 radical (unpaired) electrons. The molecule has 1 aliphatic heterocycles. The highest BCUT2D eigenvalue weighted by atomic mass is 16.5. The van der Waals surface area contributed by atoms with Crippen molar-refractivity contribution in [2.24, 2.45) is 0 Å². The molecule has 1 saturated heterocycles. The van der Waals surface area contributed by atoms with E-state index >= 15 is 0 Å². The molecule has 1 aliphatic rings. The quantitative estimate of drug-likeness (QED) is 0.767. The lowest BCUT2D eigenvalue weighted by Crippen LogP contribution is -2.39. The van der Waals surface area contributed by atoms with Crippen LogP contribution >= 0.6 is 0 Å². The van der Waals surface area contributed by atoms with E-state index in [1.54, 1.807) is 0 Å². The van der Waals surface area contributed by atoms with Gasteiger partial charge in [-0.15, -0.1) is 0 Å². The number of hydrogen-bond donors (Lipinski definition) is 0. The number of rotatable bonds is 3. The second-order valence-electron chi connectivity index (χ2n) is 4.47. The van der Waals surface area contributed by atoms with E-state index in [1.165, 1.54) is 11.3 Å². The number of ether oxygens (including phenoxy) is 1. The molecule has 0 spiro atoms. The van der Waals surface area contributed by atoms with E-state index in [0.717, 1.165) is 32.6 Å². The lowest BCUT2D eigenvalue weighted by molar-refractivity contribution is 0.0846. The van der Waals surface area contributed by atoms with E-state index in [2.05, 4.69) is 43.0 Å². The Morgan fingerprint density at radius 2 is 1.70 bits per heavy atom. The molecule has 2 heteroatoms. The summed E-state index contributed by atoms with van der Waals surface area (Å²) in [7, 11) is 0. The van der Waals surface area contributed by atoms with Gasteiger partial charge in [0.2, 0.25) is 0 Å². The lowest BCUT2D eigenvalue weighted by Gasteiger charge is -2.35. The molecule has 116 valence electrons. The Bertz CT molecular complexity index is 332. The Kier molecular flexibility index (Phi) is 11.2. The van der Waals surface area contributed by atoms with Crippen LogP contribution in [0, 0.1) is 6.92 Å². The van der Waals surface area contributed by atoms with Gasteiger partial charge in [-0.25, -0.2) is 0 Å². The molecule has 0 unspecified atom stereocenters. The van der Waals surface area contributed by atoms with Gasteiger partial charge < -0.3 is 9.64 Å². The highest BCUT2D eigenvalue weighted by Crippen LogP contribution is 2.23. The topological polar surface area (TPSA) is 12.5 Å². The van der Waals surface area contributed by atoms with Gasteiger partial charge in [-0.05, 0) is 44.4 Å². The molecule has 1 aromatic rings. The zero-order chi connectivity index (χ0) is 15.4. The molecule has 1 heterocycles. The Balaban J connectivity index is 0.000000829. The Morgan fingerprint density at radius 1 is 1.10 bits per heavy atom. The SMILES string of the molecule is CC.CC.CCN(c1cccc(C)c1)C1CCOCC1. The van der Waals surface area contributed by atoms with Crippen molar-refractivity contribution in [3.05, 3.63) is 29.8 Å². The predicted molar refractivity (Wildman–Crippen MR) is 90.7 cm³/mol. The van der Waals surface area contributed by atoms with E-state index in [9.17, 15) is 0 Å². The van der Waals surface area contributed by atoms with Crippen LogP contribution in [0.3, 0.4) is 0 Å². The molecular weight excluding hydrogens is 246 g/mol. The fourth-order valence-electron chi connectivity index (χ4n) is 2.46. The van der Waals surface area contributed by atoms with E-state index < -0.39 is 0 Å². The van der Waals surface area contributed by atoms with Gasteiger partial charge >= 0.3 is 0 Å².